The van der Waals surface area contributed by atoms with E-state index in [1.54, 1.807) is 18.2 Å². The maximum Gasteiger partial charge on any atom is 0.243 e. The lowest BCUT2D eigenvalue weighted by atomic mass is 9.97. The minimum Gasteiger partial charge on any atom is -0.490 e. The van der Waals surface area contributed by atoms with Crippen molar-refractivity contribution in [2.24, 2.45) is 5.92 Å². The molecule has 1 aliphatic rings. The zero-order valence-electron chi connectivity index (χ0n) is 18.9. The molecule has 6 nitrogen and oxygen atoms in total. The summed E-state index contributed by atoms with van der Waals surface area (Å²) in [6, 6.07) is 9.97. The van der Waals surface area contributed by atoms with Crippen molar-refractivity contribution in [1.29, 1.82) is 0 Å². The van der Waals surface area contributed by atoms with Gasteiger partial charge in [-0.3, -0.25) is 4.79 Å². The number of aryl methyl sites for hydroxylation is 3. The van der Waals surface area contributed by atoms with Crippen LogP contribution < -0.4 is 10.1 Å². The molecule has 1 fully saturated rings. The fourth-order valence-corrected chi connectivity index (χ4v) is 6.11. The van der Waals surface area contributed by atoms with E-state index in [9.17, 15) is 17.6 Å². The molecule has 1 aliphatic heterocycles. The number of amides is 1. The zero-order chi connectivity index (χ0) is 23.3. The summed E-state index contributed by atoms with van der Waals surface area (Å²) in [7, 11) is -3.59. The van der Waals surface area contributed by atoms with E-state index in [2.05, 4.69) is 5.32 Å². The van der Waals surface area contributed by atoms with Gasteiger partial charge in [0.1, 0.15) is 0 Å². The van der Waals surface area contributed by atoms with E-state index in [0.29, 0.717) is 50.4 Å². The molecular weight excluding hydrogens is 431 g/mol. The van der Waals surface area contributed by atoms with E-state index < -0.39 is 15.8 Å². The predicted octanol–water partition coefficient (Wildman–Crippen LogP) is 3.74. The Bertz CT molecular complexity index is 1040. The standard InChI is InChI=1S/C24H31FN2O4S/c1-17-15-18(2)23(19(3)16-17)32(29,30)27-12-9-20(10-13-27)24(28)26-11-6-14-31-22-8-5-4-7-21(22)25/h4-5,7-8,15-16,20H,6,9-14H2,1-3H3,(H,26,28). The van der Waals surface area contributed by atoms with Crippen molar-refractivity contribution in [2.75, 3.05) is 26.2 Å². The quantitative estimate of drug-likeness (QED) is 0.607. The Kier molecular flexibility index (Phi) is 7.90. The molecule has 0 radical (unpaired) electrons. The largest absolute Gasteiger partial charge is 0.490 e. The number of nitrogens with one attached hydrogen (secondary N) is 1. The van der Waals surface area contributed by atoms with Crippen LogP contribution in [0.4, 0.5) is 4.39 Å². The fourth-order valence-electron chi connectivity index (χ4n) is 4.23. The highest BCUT2D eigenvalue weighted by Gasteiger charge is 2.33. The molecular formula is C24H31FN2O4S. The average molecular weight is 463 g/mol. The van der Waals surface area contributed by atoms with E-state index in [1.165, 1.54) is 10.4 Å². The summed E-state index contributed by atoms with van der Waals surface area (Å²) in [4.78, 5) is 12.9. The Morgan fingerprint density at radius 2 is 1.75 bits per heavy atom. The second-order valence-electron chi connectivity index (χ2n) is 8.33. The summed E-state index contributed by atoms with van der Waals surface area (Å²) in [5, 5.41) is 2.88. The molecule has 0 unspecified atom stereocenters. The molecule has 0 aromatic heterocycles. The van der Waals surface area contributed by atoms with Gasteiger partial charge in [-0.2, -0.15) is 4.31 Å². The van der Waals surface area contributed by atoms with Gasteiger partial charge in [0.05, 0.1) is 11.5 Å². The van der Waals surface area contributed by atoms with Crippen molar-refractivity contribution in [1.82, 2.24) is 9.62 Å². The van der Waals surface area contributed by atoms with Crippen LogP contribution in [0.2, 0.25) is 0 Å². The molecule has 1 N–H and O–H groups in total. The van der Waals surface area contributed by atoms with Gasteiger partial charge in [0.15, 0.2) is 11.6 Å². The molecule has 32 heavy (non-hydrogen) atoms. The number of hydrogen-bond acceptors (Lipinski definition) is 4. The molecule has 2 aromatic carbocycles. The van der Waals surface area contributed by atoms with Crippen LogP contribution in [0.25, 0.3) is 0 Å². The topological polar surface area (TPSA) is 75.7 Å². The van der Waals surface area contributed by atoms with Gasteiger partial charge in [0.25, 0.3) is 0 Å². The summed E-state index contributed by atoms with van der Waals surface area (Å²) in [5.74, 6) is -0.495. The van der Waals surface area contributed by atoms with Crippen molar-refractivity contribution in [3.05, 3.63) is 58.9 Å². The van der Waals surface area contributed by atoms with Crippen LogP contribution >= 0.6 is 0 Å². The second kappa shape index (κ2) is 10.4. The number of benzene rings is 2. The number of sulfonamides is 1. The molecule has 0 aliphatic carbocycles. The molecule has 0 atom stereocenters. The number of rotatable bonds is 8. The van der Waals surface area contributed by atoms with Gasteiger partial charge in [-0.25, -0.2) is 12.8 Å². The number of piperidine rings is 1. The van der Waals surface area contributed by atoms with Crippen LogP contribution in [-0.2, 0) is 14.8 Å². The number of ether oxygens (including phenoxy) is 1. The molecule has 3 rings (SSSR count). The molecule has 1 heterocycles. The van der Waals surface area contributed by atoms with Crippen LogP contribution in [-0.4, -0.2) is 44.9 Å². The third-order valence-corrected chi connectivity index (χ3v) is 7.95. The summed E-state index contributed by atoms with van der Waals surface area (Å²) < 4.78 is 46.8. The van der Waals surface area contributed by atoms with Crippen molar-refractivity contribution < 1.29 is 22.3 Å². The lowest BCUT2D eigenvalue weighted by Gasteiger charge is -2.31. The highest BCUT2D eigenvalue weighted by atomic mass is 32.2. The maximum atomic E-state index is 13.5. The zero-order valence-corrected chi connectivity index (χ0v) is 19.7. The van der Waals surface area contributed by atoms with Crippen molar-refractivity contribution in [2.45, 2.75) is 44.9 Å². The number of carbonyl (C=O) groups excluding carboxylic acids is 1. The molecule has 0 spiro atoms. The van der Waals surface area contributed by atoms with E-state index in [4.69, 9.17) is 4.74 Å². The number of nitrogens with zero attached hydrogens (tertiary/aromatic N) is 1. The monoisotopic (exact) mass is 462 g/mol. The number of hydrogen-bond donors (Lipinski definition) is 1. The third kappa shape index (κ3) is 5.66. The Labute approximate surface area is 189 Å². The first-order valence-corrected chi connectivity index (χ1v) is 12.4. The first kappa shape index (κ1) is 24.2. The first-order valence-electron chi connectivity index (χ1n) is 10.9. The molecule has 174 valence electrons. The lowest BCUT2D eigenvalue weighted by Crippen LogP contribution is -2.43. The Morgan fingerprint density at radius 3 is 2.38 bits per heavy atom. The summed E-state index contributed by atoms with van der Waals surface area (Å²) in [6.45, 7) is 6.96. The molecule has 0 bridgehead atoms. The van der Waals surface area contributed by atoms with Crippen LogP contribution in [0, 0.1) is 32.5 Å². The van der Waals surface area contributed by atoms with Gasteiger partial charge in [-0.15, -0.1) is 0 Å². The van der Waals surface area contributed by atoms with Crippen LogP contribution in [0.15, 0.2) is 41.3 Å². The van der Waals surface area contributed by atoms with Crippen molar-refractivity contribution >= 4 is 15.9 Å². The summed E-state index contributed by atoms with van der Waals surface area (Å²) >= 11 is 0. The maximum absolute atomic E-state index is 13.5. The van der Waals surface area contributed by atoms with Crippen LogP contribution in [0.5, 0.6) is 5.75 Å². The van der Waals surface area contributed by atoms with Crippen molar-refractivity contribution in [3.8, 4) is 5.75 Å². The van der Waals surface area contributed by atoms with E-state index in [1.807, 2.05) is 32.9 Å². The molecule has 2 aromatic rings. The fraction of sp³-hybridized carbons (Fsp3) is 0.458. The highest BCUT2D eigenvalue weighted by molar-refractivity contribution is 7.89. The number of halogens is 1. The SMILES string of the molecule is Cc1cc(C)c(S(=O)(=O)N2CCC(C(=O)NCCCOc3ccccc3F)CC2)c(C)c1. The van der Waals surface area contributed by atoms with Crippen molar-refractivity contribution in [3.63, 3.8) is 0 Å². The molecule has 0 saturated carbocycles. The minimum atomic E-state index is -3.59. The first-order chi connectivity index (χ1) is 15.2. The van der Waals surface area contributed by atoms with Crippen LogP contribution in [0.3, 0.4) is 0 Å². The van der Waals surface area contributed by atoms with E-state index >= 15 is 0 Å². The smallest absolute Gasteiger partial charge is 0.243 e. The minimum absolute atomic E-state index is 0.0735. The van der Waals surface area contributed by atoms with Gasteiger partial charge in [0.2, 0.25) is 15.9 Å². The lowest BCUT2D eigenvalue weighted by molar-refractivity contribution is -0.126. The van der Waals surface area contributed by atoms with Gasteiger partial charge < -0.3 is 10.1 Å². The Balaban J connectivity index is 1.46. The van der Waals surface area contributed by atoms with E-state index in [0.717, 1.165) is 16.7 Å². The van der Waals surface area contributed by atoms with Gasteiger partial charge in [-0.1, -0.05) is 29.8 Å². The molecule has 8 heteroatoms. The number of para-hydroxylation sites is 1. The van der Waals surface area contributed by atoms with Gasteiger partial charge in [0, 0.05) is 25.6 Å². The Hall–Kier alpha value is -2.45. The van der Waals surface area contributed by atoms with Gasteiger partial charge >= 0.3 is 0 Å². The molecule has 1 amide bonds. The molecule has 1 saturated heterocycles. The predicted molar refractivity (Wildman–Crippen MR) is 122 cm³/mol. The number of carbonyl (C=O) groups is 1. The third-order valence-electron chi connectivity index (χ3n) is 5.74. The average Bonchev–Trinajstić information content (AvgIpc) is 2.73. The highest BCUT2D eigenvalue weighted by Crippen LogP contribution is 2.28. The normalized spacial score (nSPS) is 15.5. The summed E-state index contributed by atoms with van der Waals surface area (Å²) in [6.07, 6.45) is 1.53. The van der Waals surface area contributed by atoms with Gasteiger partial charge in [-0.05, 0) is 63.3 Å². The summed E-state index contributed by atoms with van der Waals surface area (Å²) in [5.41, 5.74) is 2.54. The van der Waals surface area contributed by atoms with E-state index in [-0.39, 0.29) is 17.6 Å². The Morgan fingerprint density at radius 1 is 1.12 bits per heavy atom. The second-order valence-corrected chi connectivity index (χ2v) is 10.2. The van der Waals surface area contributed by atoms with Crippen LogP contribution in [0.1, 0.15) is 36.0 Å².